The highest BCUT2D eigenvalue weighted by molar-refractivity contribution is 5.85. The monoisotopic (exact) mass is 216 g/mol. The molecule has 13 heavy (non-hydrogen) atoms. The Morgan fingerprint density at radius 3 is 1.38 bits per heavy atom. The van der Waals surface area contributed by atoms with E-state index < -0.39 is 11.9 Å². The maximum absolute atomic E-state index is 9.37. The van der Waals surface area contributed by atoms with Crippen molar-refractivity contribution in [3.05, 3.63) is 0 Å². The first-order chi connectivity index (χ1) is 5.42. The lowest BCUT2D eigenvalue weighted by Gasteiger charge is -1.71. The standard InChI is InChI=1S/C3H6O2.C2H4O2.CH2O2.ClH/c1-2-3(4)5;1-2(3)4;2-1-3;/h2H2,1H3,(H,4,5);1H3,(H,3,4);1H,(H,2,3);1H. The van der Waals surface area contributed by atoms with Crippen LogP contribution in [0.1, 0.15) is 20.3 Å². The van der Waals surface area contributed by atoms with Crippen molar-refractivity contribution in [1.82, 2.24) is 0 Å². The van der Waals surface area contributed by atoms with E-state index in [-0.39, 0.29) is 25.3 Å². The smallest absolute Gasteiger partial charge is 0.303 e. The van der Waals surface area contributed by atoms with Gasteiger partial charge in [-0.3, -0.25) is 14.4 Å². The molecule has 0 heterocycles. The number of hydrogen-bond acceptors (Lipinski definition) is 3. The SMILES string of the molecule is CC(=O)O.CCC(=O)O.Cl.O=CO. The first-order valence-corrected chi connectivity index (χ1v) is 2.91. The van der Waals surface area contributed by atoms with E-state index in [9.17, 15) is 4.79 Å². The summed E-state index contributed by atoms with van der Waals surface area (Å²) >= 11 is 0. The van der Waals surface area contributed by atoms with E-state index in [0.717, 1.165) is 6.92 Å². The number of halogens is 1. The van der Waals surface area contributed by atoms with E-state index in [1.807, 2.05) is 0 Å². The summed E-state index contributed by atoms with van der Waals surface area (Å²) in [6.07, 6.45) is 0.222. The topological polar surface area (TPSA) is 112 Å². The van der Waals surface area contributed by atoms with Gasteiger partial charge < -0.3 is 15.3 Å². The molecule has 0 bridgehead atoms. The first kappa shape index (κ1) is 22.6. The normalized spacial score (nSPS) is 5.69. The highest BCUT2D eigenvalue weighted by Gasteiger charge is 1.80. The van der Waals surface area contributed by atoms with Gasteiger partial charge in [0.05, 0.1) is 0 Å². The molecular weight excluding hydrogens is 204 g/mol. The zero-order valence-electron chi connectivity index (χ0n) is 7.26. The zero-order valence-corrected chi connectivity index (χ0v) is 8.08. The number of aliphatic carboxylic acids is 2. The van der Waals surface area contributed by atoms with E-state index in [0.29, 0.717) is 0 Å². The molecule has 0 unspecified atom stereocenters. The second-order valence-electron chi connectivity index (χ2n) is 1.37. The lowest BCUT2D eigenvalue weighted by Crippen LogP contribution is -1.86. The van der Waals surface area contributed by atoms with Crippen molar-refractivity contribution in [2.24, 2.45) is 0 Å². The van der Waals surface area contributed by atoms with Gasteiger partial charge in [0.15, 0.2) is 0 Å². The molecule has 0 aliphatic rings. The van der Waals surface area contributed by atoms with Crippen molar-refractivity contribution in [3.8, 4) is 0 Å². The fourth-order valence-electron chi connectivity index (χ4n) is 0. The van der Waals surface area contributed by atoms with Crippen LogP contribution in [0.2, 0.25) is 0 Å². The summed E-state index contributed by atoms with van der Waals surface area (Å²) < 4.78 is 0. The molecule has 0 aromatic carbocycles. The number of carbonyl (C=O) groups is 3. The molecule has 0 saturated heterocycles. The molecule has 0 fully saturated rings. The lowest BCUT2D eigenvalue weighted by molar-refractivity contribution is -0.137. The van der Waals surface area contributed by atoms with Gasteiger partial charge in [-0.2, -0.15) is 0 Å². The molecule has 7 heteroatoms. The summed E-state index contributed by atoms with van der Waals surface area (Å²) in [5.41, 5.74) is 0. The average Bonchev–Trinajstić information content (AvgIpc) is 1.88. The number of carboxylic acid groups (broad SMARTS) is 3. The minimum absolute atomic E-state index is 0. The molecule has 0 radical (unpaired) electrons. The third-order valence-electron chi connectivity index (χ3n) is 0.302. The van der Waals surface area contributed by atoms with E-state index >= 15 is 0 Å². The zero-order chi connectivity index (χ0) is 10.6. The Morgan fingerprint density at radius 2 is 1.38 bits per heavy atom. The van der Waals surface area contributed by atoms with E-state index in [1.54, 1.807) is 6.92 Å². The molecule has 0 aromatic rings. The summed E-state index contributed by atoms with van der Waals surface area (Å²) in [6.45, 7) is 2.43. The third-order valence-corrected chi connectivity index (χ3v) is 0.302. The van der Waals surface area contributed by atoms with Gasteiger partial charge in [-0.15, -0.1) is 12.4 Å². The van der Waals surface area contributed by atoms with Crippen LogP contribution in [-0.4, -0.2) is 33.7 Å². The molecule has 3 N–H and O–H groups in total. The Bertz CT molecular complexity index is 131. The Morgan fingerprint density at radius 1 is 1.31 bits per heavy atom. The Balaban J connectivity index is -0.0000000465. The summed E-state index contributed by atoms with van der Waals surface area (Å²) in [5.74, 6) is -1.58. The number of rotatable bonds is 1. The van der Waals surface area contributed by atoms with Crippen LogP contribution in [0.15, 0.2) is 0 Å². The summed E-state index contributed by atoms with van der Waals surface area (Å²) in [7, 11) is 0. The Labute approximate surface area is 81.6 Å². The minimum Gasteiger partial charge on any atom is -0.483 e. The molecular formula is C6H13ClO6. The van der Waals surface area contributed by atoms with E-state index in [1.165, 1.54) is 0 Å². The van der Waals surface area contributed by atoms with Crippen LogP contribution in [0.4, 0.5) is 0 Å². The fourth-order valence-corrected chi connectivity index (χ4v) is 0. The van der Waals surface area contributed by atoms with Gasteiger partial charge in [-0.05, 0) is 0 Å². The quantitative estimate of drug-likeness (QED) is 0.556. The van der Waals surface area contributed by atoms with Gasteiger partial charge in [-0.1, -0.05) is 6.92 Å². The molecule has 0 rings (SSSR count). The largest absolute Gasteiger partial charge is 0.483 e. The Kier molecular flexibility index (Phi) is 39.0. The molecule has 0 amide bonds. The Hall–Kier alpha value is -1.30. The van der Waals surface area contributed by atoms with Crippen molar-refractivity contribution in [2.75, 3.05) is 0 Å². The molecule has 0 saturated carbocycles. The van der Waals surface area contributed by atoms with Gasteiger partial charge in [0.25, 0.3) is 12.4 Å². The first-order valence-electron chi connectivity index (χ1n) is 2.91. The van der Waals surface area contributed by atoms with Gasteiger partial charge in [0.1, 0.15) is 0 Å². The van der Waals surface area contributed by atoms with Crippen molar-refractivity contribution in [2.45, 2.75) is 20.3 Å². The van der Waals surface area contributed by atoms with Gasteiger partial charge in [0, 0.05) is 13.3 Å². The van der Waals surface area contributed by atoms with Crippen molar-refractivity contribution in [3.63, 3.8) is 0 Å². The molecule has 0 aliphatic carbocycles. The average molecular weight is 217 g/mol. The molecule has 0 spiro atoms. The fraction of sp³-hybridized carbons (Fsp3) is 0.500. The predicted molar refractivity (Wildman–Crippen MR) is 47.2 cm³/mol. The van der Waals surface area contributed by atoms with Crippen LogP contribution in [0.25, 0.3) is 0 Å². The van der Waals surface area contributed by atoms with Crippen LogP contribution in [0.3, 0.4) is 0 Å². The second kappa shape index (κ2) is 22.4. The van der Waals surface area contributed by atoms with Gasteiger partial charge in [0.2, 0.25) is 0 Å². The van der Waals surface area contributed by atoms with Crippen LogP contribution in [-0.2, 0) is 14.4 Å². The van der Waals surface area contributed by atoms with Gasteiger partial charge in [-0.25, -0.2) is 0 Å². The maximum atomic E-state index is 9.37. The number of carboxylic acids is 2. The minimum atomic E-state index is -0.833. The number of hydrogen-bond donors (Lipinski definition) is 3. The van der Waals surface area contributed by atoms with Crippen molar-refractivity contribution in [1.29, 1.82) is 0 Å². The predicted octanol–water partition coefficient (Wildman–Crippen LogP) is 0.694. The van der Waals surface area contributed by atoms with Gasteiger partial charge >= 0.3 is 5.97 Å². The van der Waals surface area contributed by atoms with Crippen LogP contribution in [0.5, 0.6) is 0 Å². The van der Waals surface area contributed by atoms with Crippen LogP contribution in [0, 0.1) is 0 Å². The van der Waals surface area contributed by atoms with Crippen molar-refractivity contribution >= 4 is 30.8 Å². The molecule has 80 valence electrons. The summed E-state index contributed by atoms with van der Waals surface area (Å²) in [5, 5.41) is 22.0. The van der Waals surface area contributed by atoms with Crippen molar-refractivity contribution < 1.29 is 29.7 Å². The molecule has 0 aliphatic heterocycles. The van der Waals surface area contributed by atoms with E-state index in [4.69, 9.17) is 24.9 Å². The highest BCUT2D eigenvalue weighted by Crippen LogP contribution is 1.67. The molecule has 0 aromatic heterocycles. The molecule has 0 atom stereocenters. The molecule has 6 nitrogen and oxygen atoms in total. The lowest BCUT2D eigenvalue weighted by atomic mass is 10.5. The highest BCUT2D eigenvalue weighted by atomic mass is 35.5. The maximum Gasteiger partial charge on any atom is 0.303 e. The second-order valence-corrected chi connectivity index (χ2v) is 1.37. The van der Waals surface area contributed by atoms with Crippen LogP contribution < -0.4 is 0 Å². The summed E-state index contributed by atoms with van der Waals surface area (Å²) in [4.78, 5) is 26.7. The summed E-state index contributed by atoms with van der Waals surface area (Å²) in [6, 6.07) is 0. The van der Waals surface area contributed by atoms with E-state index in [2.05, 4.69) is 0 Å². The third kappa shape index (κ3) is 1650. The van der Waals surface area contributed by atoms with Crippen LogP contribution >= 0.6 is 12.4 Å².